The average Bonchev–Trinajstić information content (AvgIpc) is 2.15. The molecule has 2 heteroatoms. The predicted molar refractivity (Wildman–Crippen MR) is 55.1 cm³/mol. The maximum atomic E-state index is 11.3. The summed E-state index contributed by atoms with van der Waals surface area (Å²) in [6, 6.07) is 6.77. The molecule has 0 spiro atoms. The van der Waals surface area contributed by atoms with E-state index in [1.165, 1.54) is 6.08 Å². The van der Waals surface area contributed by atoms with Crippen LogP contribution in [0.2, 0.25) is 5.02 Å². The van der Waals surface area contributed by atoms with Crippen LogP contribution in [0.1, 0.15) is 10.4 Å². The molecule has 1 aromatic carbocycles. The Morgan fingerprint density at radius 2 is 1.92 bits per heavy atom. The van der Waals surface area contributed by atoms with Crippen molar-refractivity contribution in [1.82, 2.24) is 0 Å². The van der Waals surface area contributed by atoms with Crippen LogP contribution in [0.15, 0.2) is 49.1 Å². The number of carbonyl (C=O) groups is 1. The first-order chi connectivity index (χ1) is 6.24. The minimum atomic E-state index is -0.0448. The van der Waals surface area contributed by atoms with Gasteiger partial charge in [0.15, 0.2) is 5.78 Å². The van der Waals surface area contributed by atoms with Crippen LogP contribution in [0, 0.1) is 0 Å². The zero-order valence-corrected chi connectivity index (χ0v) is 7.79. The lowest BCUT2D eigenvalue weighted by atomic mass is 10.1. The summed E-state index contributed by atoms with van der Waals surface area (Å²) in [5.74, 6) is -0.0448. The third-order valence-electron chi connectivity index (χ3n) is 1.51. The lowest BCUT2D eigenvalue weighted by Gasteiger charge is -1.94. The lowest BCUT2D eigenvalue weighted by molar-refractivity contribution is 0.104. The van der Waals surface area contributed by atoms with Crippen molar-refractivity contribution in [2.75, 3.05) is 0 Å². The Hall–Kier alpha value is -1.34. The molecule has 0 saturated heterocycles. The van der Waals surface area contributed by atoms with Crippen molar-refractivity contribution in [2.24, 2.45) is 0 Å². The van der Waals surface area contributed by atoms with Gasteiger partial charge in [-0.15, -0.1) is 0 Å². The van der Waals surface area contributed by atoms with Crippen LogP contribution in [0.5, 0.6) is 0 Å². The molecule has 1 rings (SSSR count). The van der Waals surface area contributed by atoms with Gasteiger partial charge in [-0.1, -0.05) is 30.3 Å². The van der Waals surface area contributed by atoms with E-state index in [0.29, 0.717) is 10.6 Å². The van der Waals surface area contributed by atoms with Crippen LogP contribution in [0.3, 0.4) is 0 Å². The van der Waals surface area contributed by atoms with Gasteiger partial charge in [0.2, 0.25) is 0 Å². The molecule has 0 aliphatic heterocycles. The fraction of sp³-hybridized carbons (Fsp3) is 0. The SMILES string of the molecule is C=C/C=C/C(=O)c1ccc(Cl)cc1. The highest BCUT2D eigenvalue weighted by molar-refractivity contribution is 6.30. The summed E-state index contributed by atoms with van der Waals surface area (Å²) in [7, 11) is 0. The fourth-order valence-corrected chi connectivity index (χ4v) is 0.992. The molecule has 13 heavy (non-hydrogen) atoms. The molecule has 1 nitrogen and oxygen atoms in total. The van der Waals surface area contributed by atoms with E-state index in [4.69, 9.17) is 11.6 Å². The number of benzene rings is 1. The Bertz CT molecular complexity index is 336. The molecule has 0 atom stereocenters. The molecule has 0 radical (unpaired) electrons. The maximum Gasteiger partial charge on any atom is 0.185 e. The van der Waals surface area contributed by atoms with Crippen molar-refractivity contribution >= 4 is 17.4 Å². The third-order valence-corrected chi connectivity index (χ3v) is 1.76. The number of halogens is 1. The molecule has 0 saturated carbocycles. The molecule has 1 aromatic rings. The molecule has 0 aliphatic rings. The van der Waals surface area contributed by atoms with Crippen LogP contribution in [-0.2, 0) is 0 Å². The van der Waals surface area contributed by atoms with Crippen LogP contribution in [0.4, 0.5) is 0 Å². The van der Waals surface area contributed by atoms with E-state index < -0.39 is 0 Å². The van der Waals surface area contributed by atoms with Crippen molar-refractivity contribution in [3.8, 4) is 0 Å². The predicted octanol–water partition coefficient (Wildman–Crippen LogP) is 3.26. The van der Waals surface area contributed by atoms with Gasteiger partial charge in [-0.25, -0.2) is 0 Å². The zero-order valence-electron chi connectivity index (χ0n) is 7.03. The Morgan fingerprint density at radius 3 is 2.46 bits per heavy atom. The first-order valence-electron chi connectivity index (χ1n) is 3.83. The molecular formula is C11H9ClO. The second-order valence-electron chi connectivity index (χ2n) is 2.47. The van der Waals surface area contributed by atoms with E-state index >= 15 is 0 Å². The number of rotatable bonds is 3. The van der Waals surface area contributed by atoms with Gasteiger partial charge in [0, 0.05) is 10.6 Å². The topological polar surface area (TPSA) is 17.1 Å². The number of hydrogen-bond donors (Lipinski definition) is 0. The highest BCUT2D eigenvalue weighted by Crippen LogP contribution is 2.10. The van der Waals surface area contributed by atoms with E-state index in [1.807, 2.05) is 0 Å². The van der Waals surface area contributed by atoms with E-state index in [2.05, 4.69) is 6.58 Å². The molecule has 0 amide bonds. The standard InChI is InChI=1S/C11H9ClO/c1-2-3-4-11(13)9-5-7-10(12)8-6-9/h2-8H,1H2/b4-3+. The molecule has 0 fully saturated rings. The number of carbonyl (C=O) groups excluding carboxylic acids is 1. The van der Waals surface area contributed by atoms with Gasteiger partial charge >= 0.3 is 0 Å². The van der Waals surface area contributed by atoms with E-state index in [9.17, 15) is 4.79 Å². The molecule has 0 N–H and O–H groups in total. The molecule has 0 heterocycles. The molecule has 0 bridgehead atoms. The Kier molecular flexibility index (Phi) is 3.47. The number of hydrogen-bond acceptors (Lipinski definition) is 1. The highest BCUT2D eigenvalue weighted by atomic mass is 35.5. The van der Waals surface area contributed by atoms with Crippen LogP contribution in [0.25, 0.3) is 0 Å². The second-order valence-corrected chi connectivity index (χ2v) is 2.90. The van der Waals surface area contributed by atoms with Gasteiger partial charge in [0.1, 0.15) is 0 Å². The van der Waals surface area contributed by atoms with Crippen molar-refractivity contribution in [3.63, 3.8) is 0 Å². The Morgan fingerprint density at radius 1 is 1.31 bits per heavy atom. The minimum absolute atomic E-state index is 0.0448. The summed E-state index contributed by atoms with van der Waals surface area (Å²) >= 11 is 5.68. The van der Waals surface area contributed by atoms with Crippen molar-refractivity contribution in [1.29, 1.82) is 0 Å². The van der Waals surface area contributed by atoms with Crippen molar-refractivity contribution in [2.45, 2.75) is 0 Å². The van der Waals surface area contributed by atoms with E-state index in [1.54, 1.807) is 36.4 Å². The Balaban J connectivity index is 2.83. The molecule has 0 aromatic heterocycles. The quantitative estimate of drug-likeness (QED) is 0.408. The van der Waals surface area contributed by atoms with Gasteiger partial charge in [-0.3, -0.25) is 4.79 Å². The van der Waals surface area contributed by atoms with Gasteiger partial charge in [-0.2, -0.15) is 0 Å². The number of ketones is 1. The van der Waals surface area contributed by atoms with Crippen LogP contribution in [-0.4, -0.2) is 5.78 Å². The summed E-state index contributed by atoms with van der Waals surface area (Å²) in [5, 5.41) is 0.629. The van der Waals surface area contributed by atoms with Gasteiger partial charge in [0.25, 0.3) is 0 Å². The summed E-state index contributed by atoms with van der Waals surface area (Å²) in [6.07, 6.45) is 4.64. The summed E-state index contributed by atoms with van der Waals surface area (Å²) in [4.78, 5) is 11.3. The monoisotopic (exact) mass is 192 g/mol. The van der Waals surface area contributed by atoms with Crippen LogP contribution < -0.4 is 0 Å². The lowest BCUT2D eigenvalue weighted by Crippen LogP contribution is -1.92. The maximum absolute atomic E-state index is 11.3. The summed E-state index contributed by atoms with van der Waals surface area (Å²) in [6.45, 7) is 3.48. The van der Waals surface area contributed by atoms with Gasteiger partial charge < -0.3 is 0 Å². The number of allylic oxidation sites excluding steroid dienone is 3. The first kappa shape index (κ1) is 9.75. The minimum Gasteiger partial charge on any atom is -0.289 e. The van der Waals surface area contributed by atoms with Crippen LogP contribution >= 0.6 is 11.6 Å². The Labute approximate surface area is 82.3 Å². The van der Waals surface area contributed by atoms with E-state index in [-0.39, 0.29) is 5.78 Å². The van der Waals surface area contributed by atoms with E-state index in [0.717, 1.165) is 0 Å². The normalized spacial score (nSPS) is 10.2. The highest BCUT2D eigenvalue weighted by Gasteiger charge is 1.99. The summed E-state index contributed by atoms with van der Waals surface area (Å²) < 4.78 is 0. The molecular weight excluding hydrogens is 184 g/mol. The van der Waals surface area contributed by atoms with Gasteiger partial charge in [-0.05, 0) is 30.3 Å². The third kappa shape index (κ3) is 2.88. The van der Waals surface area contributed by atoms with Gasteiger partial charge in [0.05, 0.1) is 0 Å². The van der Waals surface area contributed by atoms with Crippen molar-refractivity contribution in [3.05, 3.63) is 59.7 Å². The zero-order chi connectivity index (χ0) is 9.68. The summed E-state index contributed by atoms with van der Waals surface area (Å²) in [5.41, 5.74) is 0.627. The molecule has 0 aliphatic carbocycles. The second kappa shape index (κ2) is 4.63. The van der Waals surface area contributed by atoms with Crippen molar-refractivity contribution < 1.29 is 4.79 Å². The first-order valence-corrected chi connectivity index (χ1v) is 4.21. The fourth-order valence-electron chi connectivity index (χ4n) is 0.866. The largest absolute Gasteiger partial charge is 0.289 e. The smallest absolute Gasteiger partial charge is 0.185 e. The molecule has 66 valence electrons. The molecule has 0 unspecified atom stereocenters. The average molecular weight is 193 g/mol.